The number of hydrogen-bond acceptors (Lipinski definition) is 6. The molecule has 3 heterocycles. The molecular weight excluding hydrogens is 388 g/mol. The van der Waals surface area contributed by atoms with E-state index in [2.05, 4.69) is 22.2 Å². The quantitative estimate of drug-likeness (QED) is 0.836. The van der Waals surface area contributed by atoms with E-state index in [4.69, 9.17) is 4.74 Å². The topological polar surface area (TPSA) is 74.8 Å². The second-order valence-corrected chi connectivity index (χ2v) is 8.95. The molecule has 2 amide bonds. The van der Waals surface area contributed by atoms with E-state index in [1.807, 2.05) is 37.4 Å². The van der Waals surface area contributed by atoms with Crippen LogP contribution in [0.1, 0.15) is 34.5 Å². The van der Waals surface area contributed by atoms with Crippen LogP contribution in [0.3, 0.4) is 0 Å². The predicted molar refractivity (Wildman–Crippen MR) is 113 cm³/mol. The Morgan fingerprint density at radius 1 is 1.31 bits per heavy atom. The smallest absolute Gasteiger partial charge is 0.258 e. The second kappa shape index (κ2) is 7.76. The molecule has 1 aromatic heterocycles. The number of benzene rings is 1. The Morgan fingerprint density at radius 3 is 2.76 bits per heavy atom. The number of piperidine rings is 1. The number of rotatable bonds is 3. The van der Waals surface area contributed by atoms with Crippen molar-refractivity contribution in [3.8, 4) is 5.75 Å². The van der Waals surface area contributed by atoms with Crippen LogP contribution in [0.5, 0.6) is 5.75 Å². The first-order valence-electron chi connectivity index (χ1n) is 9.83. The van der Waals surface area contributed by atoms with E-state index >= 15 is 0 Å². The fraction of sp³-hybridized carbons (Fsp3) is 0.476. The van der Waals surface area contributed by atoms with Gasteiger partial charge in [0.05, 0.1) is 17.8 Å². The number of aromatic nitrogens is 1. The first-order valence-corrected chi connectivity index (χ1v) is 10.7. The number of nitrogens with one attached hydrogen (secondary N) is 1. The summed E-state index contributed by atoms with van der Waals surface area (Å²) in [5, 5.41) is 5.24. The van der Waals surface area contributed by atoms with Crippen molar-refractivity contribution in [1.82, 2.24) is 14.8 Å². The molecule has 2 aliphatic heterocycles. The van der Waals surface area contributed by atoms with Gasteiger partial charge < -0.3 is 19.9 Å². The third kappa shape index (κ3) is 4.28. The number of likely N-dealkylation sites (tertiary alicyclic amines) is 1. The van der Waals surface area contributed by atoms with Gasteiger partial charge in [0.2, 0.25) is 5.91 Å². The van der Waals surface area contributed by atoms with Gasteiger partial charge in [0.1, 0.15) is 17.9 Å². The zero-order chi connectivity index (χ0) is 20.6. The molecule has 8 heteroatoms. The Kier molecular flexibility index (Phi) is 5.31. The Balaban J connectivity index is 1.60. The highest BCUT2D eigenvalue weighted by atomic mass is 32.1. The molecule has 2 aliphatic rings. The number of nitrogens with zero attached hydrogens (tertiary/aromatic N) is 3. The predicted octanol–water partition coefficient (Wildman–Crippen LogP) is 2.70. The van der Waals surface area contributed by atoms with Crippen LogP contribution in [0, 0.1) is 13.8 Å². The second-order valence-electron chi connectivity index (χ2n) is 8.09. The zero-order valence-corrected chi connectivity index (χ0v) is 17.8. The SMILES string of the molecule is Cc1ccc2c(c1)C(=O)N(CC(=O)Nc1nc(C)cs1)CC1(CCN(C)CC1)O2. The number of aryl methyl sites for hydroxylation is 2. The summed E-state index contributed by atoms with van der Waals surface area (Å²) in [6.45, 7) is 6.00. The molecule has 1 fully saturated rings. The highest BCUT2D eigenvalue weighted by molar-refractivity contribution is 7.13. The van der Waals surface area contributed by atoms with Crippen molar-refractivity contribution in [2.75, 3.05) is 38.5 Å². The van der Waals surface area contributed by atoms with E-state index in [0.717, 1.165) is 37.2 Å². The van der Waals surface area contributed by atoms with Crippen LogP contribution in [0.15, 0.2) is 23.6 Å². The van der Waals surface area contributed by atoms with Gasteiger partial charge in [-0.05, 0) is 33.0 Å². The van der Waals surface area contributed by atoms with Crippen molar-refractivity contribution in [2.45, 2.75) is 32.3 Å². The van der Waals surface area contributed by atoms with Gasteiger partial charge in [0.25, 0.3) is 5.91 Å². The Labute approximate surface area is 174 Å². The summed E-state index contributed by atoms with van der Waals surface area (Å²) >= 11 is 1.38. The molecule has 0 radical (unpaired) electrons. The van der Waals surface area contributed by atoms with E-state index in [1.165, 1.54) is 11.3 Å². The molecule has 0 aliphatic carbocycles. The summed E-state index contributed by atoms with van der Waals surface area (Å²) in [5.41, 5.74) is 1.90. The van der Waals surface area contributed by atoms with Gasteiger partial charge in [-0.3, -0.25) is 9.59 Å². The van der Waals surface area contributed by atoms with Crippen LogP contribution < -0.4 is 10.1 Å². The number of carbonyl (C=O) groups is 2. The first kappa shape index (κ1) is 19.8. The maximum absolute atomic E-state index is 13.3. The largest absolute Gasteiger partial charge is 0.484 e. The van der Waals surface area contributed by atoms with Crippen molar-refractivity contribution >= 4 is 28.3 Å². The van der Waals surface area contributed by atoms with Crippen LogP contribution in [0.25, 0.3) is 0 Å². The number of amides is 2. The van der Waals surface area contributed by atoms with Crippen molar-refractivity contribution in [2.24, 2.45) is 0 Å². The van der Waals surface area contributed by atoms with Crippen molar-refractivity contribution in [3.05, 3.63) is 40.4 Å². The Bertz CT molecular complexity index is 934. The van der Waals surface area contributed by atoms with E-state index in [-0.39, 0.29) is 18.4 Å². The van der Waals surface area contributed by atoms with Crippen molar-refractivity contribution in [1.29, 1.82) is 0 Å². The van der Waals surface area contributed by atoms with Gasteiger partial charge in [-0.25, -0.2) is 4.98 Å². The van der Waals surface area contributed by atoms with Crippen molar-refractivity contribution < 1.29 is 14.3 Å². The van der Waals surface area contributed by atoms with Gasteiger partial charge in [-0.15, -0.1) is 11.3 Å². The number of anilines is 1. The Morgan fingerprint density at radius 2 is 2.07 bits per heavy atom. The fourth-order valence-corrected chi connectivity index (χ4v) is 4.62. The molecule has 0 bridgehead atoms. The van der Waals surface area contributed by atoms with E-state index in [0.29, 0.717) is 23.0 Å². The minimum atomic E-state index is -0.471. The molecule has 4 rings (SSSR count). The highest BCUT2D eigenvalue weighted by Crippen LogP contribution is 2.35. The molecule has 154 valence electrons. The molecule has 2 aromatic rings. The molecule has 0 atom stereocenters. The van der Waals surface area contributed by atoms with Gasteiger partial charge in [0, 0.05) is 31.3 Å². The van der Waals surface area contributed by atoms with Gasteiger partial charge in [-0.2, -0.15) is 0 Å². The summed E-state index contributed by atoms with van der Waals surface area (Å²) in [4.78, 5) is 34.1. The minimum absolute atomic E-state index is 0.0220. The average Bonchev–Trinajstić information content (AvgIpc) is 3.04. The first-order chi connectivity index (χ1) is 13.8. The molecular formula is C21H26N4O3S. The van der Waals surface area contributed by atoms with E-state index in [1.54, 1.807) is 4.90 Å². The average molecular weight is 415 g/mol. The maximum atomic E-state index is 13.3. The third-order valence-electron chi connectivity index (χ3n) is 5.56. The number of carbonyl (C=O) groups excluding carboxylic acids is 2. The number of fused-ring (bicyclic) bond motifs is 1. The number of hydrogen-bond donors (Lipinski definition) is 1. The zero-order valence-electron chi connectivity index (χ0n) is 17.0. The summed E-state index contributed by atoms with van der Waals surface area (Å²) in [6.07, 6.45) is 1.63. The van der Waals surface area contributed by atoms with Gasteiger partial charge in [-0.1, -0.05) is 11.6 Å². The lowest BCUT2D eigenvalue weighted by Gasteiger charge is -2.41. The van der Waals surface area contributed by atoms with Crippen LogP contribution in [-0.4, -0.2) is 65.4 Å². The van der Waals surface area contributed by atoms with E-state index in [9.17, 15) is 9.59 Å². The molecule has 29 heavy (non-hydrogen) atoms. The standard InChI is InChI=1S/C21H26N4O3S/c1-14-4-5-17-16(10-14)19(27)25(11-18(26)23-20-22-15(2)12-29-20)13-21(28-17)6-8-24(3)9-7-21/h4-5,10,12H,6-9,11,13H2,1-3H3,(H,22,23,26). The van der Waals surface area contributed by atoms with Crippen LogP contribution >= 0.6 is 11.3 Å². The minimum Gasteiger partial charge on any atom is -0.484 e. The van der Waals surface area contributed by atoms with Crippen LogP contribution in [0.2, 0.25) is 0 Å². The van der Waals surface area contributed by atoms with Gasteiger partial charge in [0.15, 0.2) is 5.13 Å². The summed E-state index contributed by atoms with van der Waals surface area (Å²) in [6, 6.07) is 5.69. The van der Waals surface area contributed by atoms with Crippen LogP contribution in [-0.2, 0) is 4.79 Å². The number of thiazole rings is 1. The van der Waals surface area contributed by atoms with E-state index < -0.39 is 5.60 Å². The normalized spacial score (nSPS) is 18.9. The fourth-order valence-electron chi connectivity index (χ4n) is 3.91. The Hall–Kier alpha value is -2.45. The lowest BCUT2D eigenvalue weighted by atomic mass is 9.90. The number of ether oxygens (including phenoxy) is 1. The summed E-state index contributed by atoms with van der Waals surface area (Å²) < 4.78 is 6.46. The monoisotopic (exact) mass is 414 g/mol. The molecule has 1 N–H and O–H groups in total. The highest BCUT2D eigenvalue weighted by Gasteiger charge is 2.42. The molecule has 1 saturated heterocycles. The van der Waals surface area contributed by atoms with Gasteiger partial charge >= 0.3 is 0 Å². The lowest BCUT2D eigenvalue weighted by Crippen LogP contribution is -2.54. The lowest BCUT2D eigenvalue weighted by molar-refractivity contribution is -0.117. The van der Waals surface area contributed by atoms with Crippen LogP contribution in [0.4, 0.5) is 5.13 Å². The summed E-state index contributed by atoms with van der Waals surface area (Å²) in [7, 11) is 2.09. The molecule has 1 spiro atoms. The molecule has 7 nitrogen and oxygen atoms in total. The summed E-state index contributed by atoms with van der Waals surface area (Å²) in [5.74, 6) is 0.209. The molecule has 1 aromatic carbocycles. The molecule has 0 unspecified atom stereocenters. The third-order valence-corrected chi connectivity index (χ3v) is 6.43. The molecule has 0 saturated carbocycles. The van der Waals surface area contributed by atoms with Crippen molar-refractivity contribution in [3.63, 3.8) is 0 Å². The maximum Gasteiger partial charge on any atom is 0.258 e.